The molecule has 0 bridgehead atoms. The Kier molecular flexibility index (Phi) is 47.8. The molecular formula is C54H97O10P. The number of carbonyl (C=O) groups is 2. The maximum Gasteiger partial charge on any atom is 0.472 e. The third-order valence-electron chi connectivity index (χ3n) is 11.2. The van der Waals surface area contributed by atoms with Crippen molar-refractivity contribution in [2.45, 2.75) is 244 Å². The van der Waals surface area contributed by atoms with Gasteiger partial charge in [0.15, 0.2) is 6.10 Å². The molecule has 0 spiro atoms. The van der Waals surface area contributed by atoms with Gasteiger partial charge in [0.05, 0.1) is 19.8 Å². The number of allylic oxidation sites excluding steroid dienone is 10. The smallest absolute Gasteiger partial charge is 0.462 e. The number of aliphatic hydroxyl groups excluding tert-OH is 2. The van der Waals surface area contributed by atoms with Gasteiger partial charge in [0, 0.05) is 12.8 Å². The van der Waals surface area contributed by atoms with Gasteiger partial charge < -0.3 is 24.6 Å². The number of carbonyl (C=O) groups excluding carboxylic acids is 2. The number of rotatable bonds is 49. The average Bonchev–Trinajstić information content (AvgIpc) is 3.30. The van der Waals surface area contributed by atoms with E-state index in [1.165, 1.54) is 148 Å². The molecule has 0 aliphatic rings. The van der Waals surface area contributed by atoms with Crippen LogP contribution in [0.25, 0.3) is 0 Å². The van der Waals surface area contributed by atoms with Crippen molar-refractivity contribution in [1.82, 2.24) is 0 Å². The number of hydrogen-bond donors (Lipinski definition) is 3. The van der Waals surface area contributed by atoms with E-state index in [0.717, 1.165) is 44.9 Å². The Morgan fingerprint density at radius 2 is 0.831 bits per heavy atom. The van der Waals surface area contributed by atoms with Crippen molar-refractivity contribution < 1.29 is 47.8 Å². The zero-order valence-electron chi connectivity index (χ0n) is 41.4. The largest absolute Gasteiger partial charge is 0.472 e. The predicted molar refractivity (Wildman–Crippen MR) is 270 cm³/mol. The van der Waals surface area contributed by atoms with Crippen LogP contribution in [0.3, 0.4) is 0 Å². The summed E-state index contributed by atoms with van der Waals surface area (Å²) in [5.41, 5.74) is 0. The van der Waals surface area contributed by atoms with Crippen LogP contribution in [0, 0.1) is 0 Å². The SMILES string of the molecule is CCCCC/C=C/C/C=C/C/C=C/C/C=C/C/C=C/CCC(=O)OC[C@H](COP(=O)(O)OC[C@@H](O)CO)OC(=O)CCCCCCCCCCCCCCCCCCCCCCCCC. The van der Waals surface area contributed by atoms with E-state index in [9.17, 15) is 24.2 Å². The lowest BCUT2D eigenvalue weighted by Crippen LogP contribution is -2.29. The Morgan fingerprint density at radius 1 is 0.462 bits per heavy atom. The monoisotopic (exact) mass is 937 g/mol. The molecule has 0 aromatic carbocycles. The lowest BCUT2D eigenvalue weighted by atomic mass is 10.0. The molecule has 1 unspecified atom stereocenters. The lowest BCUT2D eigenvalue weighted by Gasteiger charge is -2.20. The van der Waals surface area contributed by atoms with Gasteiger partial charge >= 0.3 is 19.8 Å². The molecule has 3 N–H and O–H groups in total. The van der Waals surface area contributed by atoms with E-state index >= 15 is 0 Å². The molecule has 0 saturated carbocycles. The molecule has 3 atom stereocenters. The van der Waals surface area contributed by atoms with Crippen LogP contribution in [0.2, 0.25) is 0 Å². The molecule has 0 aliphatic heterocycles. The molecule has 378 valence electrons. The van der Waals surface area contributed by atoms with Crippen molar-refractivity contribution in [3.05, 3.63) is 60.8 Å². The minimum atomic E-state index is -4.64. The summed E-state index contributed by atoms with van der Waals surface area (Å²) in [7, 11) is -4.64. The maximum absolute atomic E-state index is 12.7. The Labute approximate surface area is 397 Å². The second kappa shape index (κ2) is 49.6. The first-order valence-electron chi connectivity index (χ1n) is 26.2. The van der Waals surface area contributed by atoms with Gasteiger partial charge in [-0.2, -0.15) is 0 Å². The molecule has 0 aromatic heterocycles. The summed E-state index contributed by atoms with van der Waals surface area (Å²) in [4.78, 5) is 35.1. The third kappa shape index (κ3) is 49.4. The minimum absolute atomic E-state index is 0.118. The van der Waals surface area contributed by atoms with Gasteiger partial charge in [-0.25, -0.2) is 4.57 Å². The topological polar surface area (TPSA) is 149 Å². The summed E-state index contributed by atoms with van der Waals surface area (Å²) >= 11 is 0. The zero-order chi connectivity index (χ0) is 47.6. The minimum Gasteiger partial charge on any atom is -0.462 e. The van der Waals surface area contributed by atoms with Gasteiger partial charge in [-0.05, 0) is 51.4 Å². The number of hydrogen-bond acceptors (Lipinski definition) is 9. The van der Waals surface area contributed by atoms with E-state index in [1.807, 2.05) is 12.2 Å². The third-order valence-corrected chi connectivity index (χ3v) is 12.1. The molecular weight excluding hydrogens is 840 g/mol. The number of esters is 2. The van der Waals surface area contributed by atoms with Crippen LogP contribution in [-0.4, -0.2) is 65.7 Å². The predicted octanol–water partition coefficient (Wildman–Crippen LogP) is 15.0. The Hall–Kier alpha value is -2.33. The highest BCUT2D eigenvalue weighted by Gasteiger charge is 2.27. The number of ether oxygens (including phenoxy) is 2. The second-order valence-corrected chi connectivity index (χ2v) is 19.0. The van der Waals surface area contributed by atoms with Crippen molar-refractivity contribution in [1.29, 1.82) is 0 Å². The van der Waals surface area contributed by atoms with Crippen molar-refractivity contribution in [2.24, 2.45) is 0 Å². The number of phosphoric ester groups is 1. The Balaban J connectivity index is 4.24. The molecule has 0 heterocycles. The van der Waals surface area contributed by atoms with Crippen LogP contribution in [0.5, 0.6) is 0 Å². The van der Waals surface area contributed by atoms with Crippen molar-refractivity contribution in [3.63, 3.8) is 0 Å². The van der Waals surface area contributed by atoms with Crippen LogP contribution in [0.1, 0.15) is 232 Å². The van der Waals surface area contributed by atoms with Crippen molar-refractivity contribution in [2.75, 3.05) is 26.4 Å². The Morgan fingerprint density at radius 3 is 1.26 bits per heavy atom. The van der Waals surface area contributed by atoms with Crippen LogP contribution in [0.15, 0.2) is 60.8 Å². The van der Waals surface area contributed by atoms with Gasteiger partial charge in [-0.1, -0.05) is 229 Å². The molecule has 0 aliphatic carbocycles. The molecule has 0 fully saturated rings. The van der Waals surface area contributed by atoms with Gasteiger partial charge in [0.1, 0.15) is 12.7 Å². The van der Waals surface area contributed by atoms with E-state index in [2.05, 4.69) is 62.5 Å². The highest BCUT2D eigenvalue weighted by Crippen LogP contribution is 2.43. The fourth-order valence-electron chi connectivity index (χ4n) is 7.15. The van der Waals surface area contributed by atoms with Crippen molar-refractivity contribution >= 4 is 19.8 Å². The van der Waals surface area contributed by atoms with Crippen LogP contribution in [-0.2, 0) is 32.7 Å². The standard InChI is InChI=1S/C54H97O10P/c1-3-5-7-9-11-13-15-17-19-21-23-24-25-26-28-30-32-34-36-38-40-42-44-46-54(58)64-52(50-63-65(59,60)62-48-51(56)47-55)49-61-53(57)45-43-41-39-37-35-33-31-29-27-22-20-18-16-14-12-10-8-6-4-2/h12,14,18,20,27,29,33,35,39,41,51-52,55-56H,3-11,13,15-17,19,21-26,28,30-32,34,36-38,40,42-50H2,1-2H3,(H,59,60)/b14-12+,20-18+,29-27+,35-33+,41-39+/t51-,52+/m0/s1. The summed E-state index contributed by atoms with van der Waals surface area (Å²) < 4.78 is 32.8. The molecule has 0 radical (unpaired) electrons. The number of phosphoric acid groups is 1. The number of aliphatic hydroxyl groups is 2. The first-order chi connectivity index (χ1) is 31.7. The molecule has 0 rings (SSSR count). The van der Waals surface area contributed by atoms with Gasteiger partial charge in [0.25, 0.3) is 0 Å². The van der Waals surface area contributed by atoms with Crippen molar-refractivity contribution in [3.8, 4) is 0 Å². The molecule has 0 aromatic rings. The quantitative estimate of drug-likeness (QED) is 0.0233. The van der Waals surface area contributed by atoms with E-state index in [-0.39, 0.29) is 19.4 Å². The summed E-state index contributed by atoms with van der Waals surface area (Å²) in [6.45, 7) is 2.31. The second-order valence-electron chi connectivity index (χ2n) is 17.6. The fourth-order valence-corrected chi connectivity index (χ4v) is 7.94. The summed E-state index contributed by atoms with van der Waals surface area (Å²) in [5, 5.41) is 18.4. The first kappa shape index (κ1) is 62.7. The maximum atomic E-state index is 12.7. The molecule has 0 amide bonds. The van der Waals surface area contributed by atoms with Gasteiger partial charge in [0.2, 0.25) is 0 Å². The molecule has 0 saturated heterocycles. The van der Waals surface area contributed by atoms with E-state index in [4.69, 9.17) is 23.6 Å². The van der Waals surface area contributed by atoms with Crippen LogP contribution < -0.4 is 0 Å². The normalized spacial score (nSPS) is 14.1. The van der Waals surface area contributed by atoms with E-state index in [1.54, 1.807) is 0 Å². The number of unbranched alkanes of at least 4 members (excludes halogenated alkanes) is 25. The van der Waals surface area contributed by atoms with Gasteiger partial charge in [-0.15, -0.1) is 0 Å². The highest BCUT2D eigenvalue weighted by molar-refractivity contribution is 7.47. The first-order valence-corrected chi connectivity index (χ1v) is 27.7. The van der Waals surface area contributed by atoms with E-state index in [0.29, 0.717) is 12.8 Å². The highest BCUT2D eigenvalue weighted by atomic mass is 31.2. The summed E-state index contributed by atoms with van der Waals surface area (Å²) in [5.74, 6) is -1.01. The van der Waals surface area contributed by atoms with Crippen LogP contribution >= 0.6 is 7.82 Å². The molecule has 11 heteroatoms. The fraction of sp³-hybridized carbons (Fsp3) is 0.778. The van der Waals surface area contributed by atoms with Gasteiger partial charge in [-0.3, -0.25) is 18.6 Å². The Bertz CT molecular complexity index is 1260. The zero-order valence-corrected chi connectivity index (χ0v) is 42.3. The average molecular weight is 937 g/mol. The van der Waals surface area contributed by atoms with E-state index < -0.39 is 51.8 Å². The molecule has 10 nitrogen and oxygen atoms in total. The lowest BCUT2D eigenvalue weighted by molar-refractivity contribution is -0.161. The van der Waals surface area contributed by atoms with Crippen LogP contribution in [0.4, 0.5) is 0 Å². The summed E-state index contributed by atoms with van der Waals surface area (Å²) in [6.07, 6.45) is 57.8. The summed E-state index contributed by atoms with van der Waals surface area (Å²) in [6, 6.07) is 0. The molecule has 65 heavy (non-hydrogen) atoms.